The first-order valence-corrected chi connectivity index (χ1v) is 7.67. The summed E-state index contributed by atoms with van der Waals surface area (Å²) in [5.41, 5.74) is 5.17. The molecule has 0 aliphatic heterocycles. The Balaban J connectivity index is 2.15. The lowest BCUT2D eigenvalue weighted by atomic mass is 9.94. The van der Waals surface area contributed by atoms with Gasteiger partial charge in [-0.1, -0.05) is 78.9 Å². The summed E-state index contributed by atoms with van der Waals surface area (Å²) in [6.45, 7) is 1.60. The number of rotatable bonds is 4. The number of Topliss-reactive ketones (excluding diaryl/α,β-unsaturated/α-hetero) is 1. The van der Waals surface area contributed by atoms with Crippen molar-refractivity contribution in [3.63, 3.8) is 0 Å². The summed E-state index contributed by atoms with van der Waals surface area (Å²) >= 11 is 0. The third-order valence-corrected chi connectivity index (χ3v) is 3.78. The van der Waals surface area contributed by atoms with Gasteiger partial charge in [0.1, 0.15) is 0 Å². The topological polar surface area (TPSA) is 17.1 Å². The van der Waals surface area contributed by atoms with E-state index in [1.807, 2.05) is 60.7 Å². The highest BCUT2D eigenvalue weighted by atomic mass is 16.1. The lowest BCUT2D eigenvalue weighted by molar-refractivity contribution is 0.101. The summed E-state index contributed by atoms with van der Waals surface area (Å²) in [6, 6.07) is 28.3. The van der Waals surface area contributed by atoms with Gasteiger partial charge in [0.25, 0.3) is 0 Å². The van der Waals surface area contributed by atoms with Gasteiger partial charge in [0.15, 0.2) is 5.78 Å². The number of hydrogen-bond donors (Lipinski definition) is 0. The van der Waals surface area contributed by atoms with Crippen LogP contribution in [0.1, 0.15) is 34.0 Å². The molecule has 112 valence electrons. The van der Waals surface area contributed by atoms with Crippen molar-refractivity contribution in [3.8, 4) is 0 Å². The molecule has 0 bridgehead atoms. The van der Waals surface area contributed by atoms with Crippen molar-refractivity contribution in [2.75, 3.05) is 0 Å². The van der Waals surface area contributed by atoms with Gasteiger partial charge in [0, 0.05) is 5.56 Å². The highest BCUT2D eigenvalue weighted by Gasteiger charge is 2.07. The molecule has 23 heavy (non-hydrogen) atoms. The lowest BCUT2D eigenvalue weighted by Crippen LogP contribution is -1.95. The number of carbonyl (C=O) groups is 1. The van der Waals surface area contributed by atoms with Crippen LogP contribution in [0.3, 0.4) is 0 Å². The quantitative estimate of drug-likeness (QED) is 0.460. The van der Waals surface area contributed by atoms with Gasteiger partial charge in [-0.15, -0.1) is 0 Å². The molecule has 0 saturated heterocycles. The first-order chi connectivity index (χ1) is 11.2. The maximum absolute atomic E-state index is 11.7. The first kappa shape index (κ1) is 15.0. The van der Waals surface area contributed by atoms with E-state index in [9.17, 15) is 4.79 Å². The van der Waals surface area contributed by atoms with Crippen LogP contribution in [-0.4, -0.2) is 5.78 Å². The summed E-state index contributed by atoms with van der Waals surface area (Å²) in [6.07, 6.45) is 2.16. The summed E-state index contributed by atoms with van der Waals surface area (Å²) < 4.78 is 0. The van der Waals surface area contributed by atoms with E-state index in [2.05, 4.69) is 30.3 Å². The molecule has 3 rings (SSSR count). The van der Waals surface area contributed by atoms with Gasteiger partial charge in [0.2, 0.25) is 0 Å². The number of carbonyl (C=O) groups excluding carboxylic acids is 1. The normalized spacial score (nSPS) is 11.3. The molecule has 0 amide bonds. The van der Waals surface area contributed by atoms with Crippen LogP contribution in [-0.2, 0) is 0 Å². The molecule has 0 atom stereocenters. The van der Waals surface area contributed by atoms with Crippen LogP contribution >= 0.6 is 0 Å². The SMILES string of the molecule is CC(=O)c1cccc(/C(=C/c2ccccc2)c2ccccc2)c1. The molecule has 0 unspecified atom stereocenters. The van der Waals surface area contributed by atoms with Crippen molar-refractivity contribution in [3.05, 3.63) is 107 Å². The molecule has 0 spiro atoms. The fourth-order valence-corrected chi connectivity index (χ4v) is 2.57. The van der Waals surface area contributed by atoms with Crippen LogP contribution in [0.25, 0.3) is 11.6 Å². The fourth-order valence-electron chi connectivity index (χ4n) is 2.57. The maximum Gasteiger partial charge on any atom is 0.159 e. The molecule has 1 heteroatoms. The molecular weight excluding hydrogens is 280 g/mol. The Kier molecular flexibility index (Phi) is 4.49. The highest BCUT2D eigenvalue weighted by Crippen LogP contribution is 2.26. The zero-order valence-electron chi connectivity index (χ0n) is 13.1. The second-order valence-electron chi connectivity index (χ2n) is 5.47. The van der Waals surface area contributed by atoms with E-state index in [1.165, 1.54) is 0 Å². The number of hydrogen-bond acceptors (Lipinski definition) is 1. The smallest absolute Gasteiger partial charge is 0.159 e. The fraction of sp³-hybridized carbons (Fsp3) is 0.0455. The molecule has 3 aromatic carbocycles. The highest BCUT2D eigenvalue weighted by molar-refractivity contribution is 5.97. The van der Waals surface area contributed by atoms with Crippen LogP contribution in [0.2, 0.25) is 0 Å². The molecule has 1 nitrogen and oxygen atoms in total. The van der Waals surface area contributed by atoms with Crippen LogP contribution in [0.15, 0.2) is 84.9 Å². The van der Waals surface area contributed by atoms with Gasteiger partial charge >= 0.3 is 0 Å². The largest absolute Gasteiger partial charge is 0.295 e. The maximum atomic E-state index is 11.7. The van der Waals surface area contributed by atoms with Crippen molar-refractivity contribution in [1.82, 2.24) is 0 Å². The summed E-state index contributed by atoms with van der Waals surface area (Å²) in [7, 11) is 0. The summed E-state index contributed by atoms with van der Waals surface area (Å²) in [4.78, 5) is 11.7. The van der Waals surface area contributed by atoms with E-state index in [0.717, 1.165) is 27.8 Å². The van der Waals surface area contributed by atoms with Crippen molar-refractivity contribution < 1.29 is 4.79 Å². The predicted octanol–water partition coefficient (Wildman–Crippen LogP) is 5.48. The van der Waals surface area contributed by atoms with E-state index in [1.54, 1.807) is 6.92 Å². The third kappa shape index (κ3) is 3.64. The van der Waals surface area contributed by atoms with E-state index >= 15 is 0 Å². The molecule has 0 saturated carbocycles. The summed E-state index contributed by atoms with van der Waals surface area (Å²) in [5.74, 6) is 0.0824. The zero-order chi connectivity index (χ0) is 16.1. The average Bonchev–Trinajstić information content (AvgIpc) is 2.61. The minimum atomic E-state index is 0.0824. The Hall–Kier alpha value is -2.93. The van der Waals surface area contributed by atoms with Crippen molar-refractivity contribution >= 4 is 17.4 Å². The Bertz CT molecular complexity index is 830. The van der Waals surface area contributed by atoms with E-state index < -0.39 is 0 Å². The molecule has 0 aliphatic rings. The number of ketones is 1. The first-order valence-electron chi connectivity index (χ1n) is 7.67. The third-order valence-electron chi connectivity index (χ3n) is 3.78. The predicted molar refractivity (Wildman–Crippen MR) is 96.3 cm³/mol. The number of benzene rings is 3. The molecule has 0 fully saturated rings. The molecule has 0 radical (unpaired) electrons. The van der Waals surface area contributed by atoms with Crippen LogP contribution in [0, 0.1) is 0 Å². The monoisotopic (exact) mass is 298 g/mol. The molecule has 0 aliphatic carbocycles. The Labute approximate surface area is 136 Å². The zero-order valence-corrected chi connectivity index (χ0v) is 13.1. The lowest BCUT2D eigenvalue weighted by Gasteiger charge is -2.10. The second-order valence-corrected chi connectivity index (χ2v) is 5.47. The van der Waals surface area contributed by atoms with Crippen LogP contribution < -0.4 is 0 Å². The van der Waals surface area contributed by atoms with Crippen molar-refractivity contribution in [1.29, 1.82) is 0 Å². The van der Waals surface area contributed by atoms with Crippen molar-refractivity contribution in [2.45, 2.75) is 6.92 Å². The van der Waals surface area contributed by atoms with E-state index in [0.29, 0.717) is 0 Å². The minimum Gasteiger partial charge on any atom is -0.295 e. The molecular formula is C22H18O. The molecule has 3 aromatic rings. The molecule has 0 N–H and O–H groups in total. The van der Waals surface area contributed by atoms with Gasteiger partial charge in [-0.3, -0.25) is 4.79 Å². The Morgan fingerprint density at radius 1 is 0.696 bits per heavy atom. The minimum absolute atomic E-state index is 0.0824. The molecule has 0 aromatic heterocycles. The van der Waals surface area contributed by atoms with Crippen LogP contribution in [0.4, 0.5) is 0 Å². The van der Waals surface area contributed by atoms with E-state index in [-0.39, 0.29) is 5.78 Å². The van der Waals surface area contributed by atoms with Gasteiger partial charge in [-0.25, -0.2) is 0 Å². The van der Waals surface area contributed by atoms with E-state index in [4.69, 9.17) is 0 Å². The van der Waals surface area contributed by atoms with Gasteiger partial charge in [-0.2, -0.15) is 0 Å². The summed E-state index contributed by atoms with van der Waals surface area (Å²) in [5, 5.41) is 0. The van der Waals surface area contributed by atoms with Gasteiger partial charge in [0.05, 0.1) is 0 Å². The van der Waals surface area contributed by atoms with Crippen molar-refractivity contribution in [2.24, 2.45) is 0 Å². The molecule has 0 heterocycles. The van der Waals surface area contributed by atoms with Gasteiger partial charge < -0.3 is 0 Å². The van der Waals surface area contributed by atoms with Crippen LogP contribution in [0.5, 0.6) is 0 Å². The Morgan fingerprint density at radius 2 is 1.26 bits per heavy atom. The standard InChI is InChI=1S/C22H18O/c1-17(23)20-13-8-14-21(16-20)22(19-11-6-3-7-12-19)15-18-9-4-2-5-10-18/h2-16H,1H3/b22-15+. The average molecular weight is 298 g/mol. The Morgan fingerprint density at radius 3 is 1.91 bits per heavy atom. The van der Waals surface area contributed by atoms with Gasteiger partial charge in [-0.05, 0) is 41.3 Å². The second kappa shape index (κ2) is 6.89.